The maximum atomic E-state index is 11.9. The highest BCUT2D eigenvalue weighted by Crippen LogP contribution is 2.33. The van der Waals surface area contributed by atoms with Crippen LogP contribution in [0, 0.1) is 0 Å². The van der Waals surface area contributed by atoms with Crippen molar-refractivity contribution in [2.45, 2.75) is 37.1 Å². The van der Waals surface area contributed by atoms with Crippen LogP contribution in [0.5, 0.6) is 11.5 Å². The number of ether oxygens (including phenoxy) is 1. The molecule has 2 rings (SSSR count). The van der Waals surface area contributed by atoms with Gasteiger partial charge in [-0.15, -0.1) is 0 Å². The molecular weight excluding hydrogens is 320 g/mol. The van der Waals surface area contributed by atoms with Crippen molar-refractivity contribution in [3.05, 3.63) is 29.8 Å². The molecule has 0 amide bonds. The highest BCUT2D eigenvalue weighted by atomic mass is 16.6. The smallest absolute Gasteiger partial charge is 0.348 e. The Labute approximate surface area is 137 Å². The first kappa shape index (κ1) is 17.8. The molecule has 2 atom stereocenters. The molecule has 130 valence electrons. The van der Waals surface area contributed by atoms with Crippen LogP contribution in [-0.2, 0) is 14.3 Å². The van der Waals surface area contributed by atoms with E-state index in [2.05, 4.69) is 0 Å². The van der Waals surface area contributed by atoms with Crippen molar-refractivity contribution in [3.63, 3.8) is 0 Å². The molecule has 5 N–H and O–H groups in total. The normalized spacial score (nSPS) is 27.1. The number of hydrogen-bond acceptors (Lipinski definition) is 7. The van der Waals surface area contributed by atoms with E-state index in [-0.39, 0.29) is 30.8 Å². The Morgan fingerprint density at radius 2 is 1.75 bits per heavy atom. The first-order valence-electron chi connectivity index (χ1n) is 7.24. The van der Waals surface area contributed by atoms with Crippen LogP contribution in [0.25, 0.3) is 6.08 Å². The van der Waals surface area contributed by atoms with Gasteiger partial charge in [0.15, 0.2) is 11.5 Å². The van der Waals surface area contributed by atoms with Gasteiger partial charge in [-0.3, -0.25) is 0 Å². The number of phenols is 2. The summed E-state index contributed by atoms with van der Waals surface area (Å²) in [4.78, 5) is 23.4. The molecule has 8 heteroatoms. The van der Waals surface area contributed by atoms with Gasteiger partial charge in [-0.05, 0) is 30.2 Å². The second kappa shape index (κ2) is 6.90. The van der Waals surface area contributed by atoms with Crippen molar-refractivity contribution in [2.24, 2.45) is 0 Å². The lowest BCUT2D eigenvalue weighted by Crippen LogP contribution is -2.52. The van der Waals surface area contributed by atoms with Crippen molar-refractivity contribution < 1.29 is 39.9 Å². The van der Waals surface area contributed by atoms with Gasteiger partial charge in [-0.1, -0.05) is 6.07 Å². The number of phenolic OH excluding ortho intramolecular Hbond substituents is 2. The minimum Gasteiger partial charge on any atom is -0.504 e. The van der Waals surface area contributed by atoms with Gasteiger partial charge in [0.1, 0.15) is 0 Å². The Balaban J connectivity index is 2.12. The van der Waals surface area contributed by atoms with Gasteiger partial charge in [0.05, 0.1) is 12.2 Å². The number of rotatable bonds is 4. The molecule has 1 aromatic carbocycles. The summed E-state index contributed by atoms with van der Waals surface area (Å²) in [6, 6.07) is 3.87. The molecule has 0 aliphatic heterocycles. The molecular formula is C16H18O8. The molecule has 0 spiro atoms. The molecule has 0 radical (unpaired) electrons. The Morgan fingerprint density at radius 1 is 1.12 bits per heavy atom. The van der Waals surface area contributed by atoms with E-state index in [1.54, 1.807) is 0 Å². The summed E-state index contributed by atoms with van der Waals surface area (Å²) in [5.74, 6) is -3.09. The number of carboxylic acids is 1. The quantitative estimate of drug-likeness (QED) is 0.301. The zero-order valence-corrected chi connectivity index (χ0v) is 12.6. The molecule has 0 aromatic heterocycles. The van der Waals surface area contributed by atoms with Gasteiger partial charge in [-0.25, -0.2) is 9.59 Å². The largest absolute Gasteiger partial charge is 0.504 e. The molecule has 24 heavy (non-hydrogen) atoms. The first-order chi connectivity index (χ1) is 11.2. The molecule has 2 unspecified atom stereocenters. The van der Waals surface area contributed by atoms with Gasteiger partial charge in [0.2, 0.25) is 5.60 Å². The lowest BCUT2D eigenvalue weighted by atomic mass is 9.81. The second-order valence-electron chi connectivity index (χ2n) is 5.75. The Kier molecular flexibility index (Phi) is 5.10. The van der Waals surface area contributed by atoms with Gasteiger partial charge >= 0.3 is 11.9 Å². The summed E-state index contributed by atoms with van der Waals surface area (Å²) in [5, 5.41) is 47.2. The summed E-state index contributed by atoms with van der Waals surface area (Å²) in [5.41, 5.74) is -1.61. The number of carbonyl (C=O) groups is 2. The number of carbonyl (C=O) groups excluding carboxylic acids is 1. The van der Waals surface area contributed by atoms with Crippen LogP contribution in [0.1, 0.15) is 24.8 Å². The summed E-state index contributed by atoms with van der Waals surface area (Å²) in [6.45, 7) is 0. The molecule has 1 aliphatic rings. The SMILES string of the molecule is O=C(C=Cc1ccc(O)c(O)c1)OC1(C(=O)O)CC(O)CC(O)C1. The zero-order chi connectivity index (χ0) is 17.9. The summed E-state index contributed by atoms with van der Waals surface area (Å²) >= 11 is 0. The number of hydrogen-bond donors (Lipinski definition) is 5. The molecule has 1 aliphatic carbocycles. The maximum absolute atomic E-state index is 11.9. The monoisotopic (exact) mass is 338 g/mol. The number of benzene rings is 1. The topological polar surface area (TPSA) is 145 Å². The second-order valence-corrected chi connectivity index (χ2v) is 5.75. The average Bonchev–Trinajstić information content (AvgIpc) is 2.47. The molecule has 1 aromatic rings. The van der Waals surface area contributed by atoms with Crippen LogP contribution >= 0.6 is 0 Å². The first-order valence-corrected chi connectivity index (χ1v) is 7.24. The number of aromatic hydroxyl groups is 2. The Hall–Kier alpha value is -2.58. The van der Waals surface area contributed by atoms with E-state index < -0.39 is 29.7 Å². The van der Waals surface area contributed by atoms with Crippen LogP contribution in [0.15, 0.2) is 24.3 Å². The van der Waals surface area contributed by atoms with E-state index in [4.69, 9.17) is 4.74 Å². The average molecular weight is 338 g/mol. The summed E-state index contributed by atoms with van der Waals surface area (Å²) in [6.07, 6.45) is -0.532. The maximum Gasteiger partial charge on any atom is 0.348 e. The van der Waals surface area contributed by atoms with E-state index >= 15 is 0 Å². The van der Waals surface area contributed by atoms with Crippen LogP contribution < -0.4 is 0 Å². The number of aliphatic hydroxyl groups excluding tert-OH is 2. The van der Waals surface area contributed by atoms with Crippen molar-refractivity contribution in [2.75, 3.05) is 0 Å². The molecule has 0 bridgehead atoms. The number of carboxylic acid groups (broad SMARTS) is 1. The van der Waals surface area contributed by atoms with E-state index in [0.29, 0.717) is 5.56 Å². The predicted molar refractivity (Wildman–Crippen MR) is 81.1 cm³/mol. The zero-order valence-electron chi connectivity index (χ0n) is 12.6. The summed E-state index contributed by atoms with van der Waals surface area (Å²) < 4.78 is 5.00. The fourth-order valence-corrected chi connectivity index (χ4v) is 2.66. The lowest BCUT2D eigenvalue weighted by Gasteiger charge is -2.37. The number of aliphatic hydroxyl groups is 2. The lowest BCUT2D eigenvalue weighted by molar-refractivity contribution is -0.189. The van der Waals surface area contributed by atoms with Crippen LogP contribution in [0.3, 0.4) is 0 Å². The van der Waals surface area contributed by atoms with E-state index in [1.807, 2.05) is 0 Å². The standard InChI is InChI=1S/C16H18O8/c17-10-6-11(18)8-16(7-10,15(22)23)24-14(21)4-2-9-1-3-12(19)13(20)5-9/h1-5,10-11,17-20H,6-8H2,(H,22,23). The third-order valence-corrected chi connectivity index (χ3v) is 3.77. The molecule has 0 saturated heterocycles. The molecule has 0 heterocycles. The number of aliphatic carboxylic acids is 1. The van der Waals surface area contributed by atoms with Gasteiger partial charge in [-0.2, -0.15) is 0 Å². The highest BCUT2D eigenvalue weighted by Gasteiger charge is 2.49. The third-order valence-electron chi connectivity index (χ3n) is 3.77. The minimum atomic E-state index is -1.99. The Bertz CT molecular complexity index is 656. The van der Waals surface area contributed by atoms with Crippen LogP contribution in [0.4, 0.5) is 0 Å². The van der Waals surface area contributed by atoms with E-state index in [9.17, 15) is 35.1 Å². The van der Waals surface area contributed by atoms with Crippen molar-refractivity contribution in [1.82, 2.24) is 0 Å². The van der Waals surface area contributed by atoms with E-state index in [1.165, 1.54) is 24.3 Å². The molecule has 1 saturated carbocycles. The van der Waals surface area contributed by atoms with Crippen molar-refractivity contribution in [3.8, 4) is 11.5 Å². The van der Waals surface area contributed by atoms with Gasteiger partial charge in [0.25, 0.3) is 0 Å². The van der Waals surface area contributed by atoms with Gasteiger partial charge < -0.3 is 30.3 Å². The number of esters is 1. The molecule has 1 fully saturated rings. The van der Waals surface area contributed by atoms with Crippen LogP contribution in [-0.4, -0.2) is 55.3 Å². The minimum absolute atomic E-state index is 0.0230. The van der Waals surface area contributed by atoms with E-state index in [0.717, 1.165) is 6.08 Å². The Morgan fingerprint density at radius 3 is 2.29 bits per heavy atom. The molecule has 8 nitrogen and oxygen atoms in total. The predicted octanol–water partition coefficient (Wildman–Crippen LogP) is 0.383. The third kappa shape index (κ3) is 4.03. The van der Waals surface area contributed by atoms with Crippen molar-refractivity contribution >= 4 is 18.0 Å². The van der Waals surface area contributed by atoms with Gasteiger partial charge in [0, 0.05) is 18.9 Å². The fraction of sp³-hybridized carbons (Fsp3) is 0.375. The fourth-order valence-electron chi connectivity index (χ4n) is 2.66. The van der Waals surface area contributed by atoms with Crippen LogP contribution in [0.2, 0.25) is 0 Å². The van der Waals surface area contributed by atoms with Crippen molar-refractivity contribution in [1.29, 1.82) is 0 Å². The highest BCUT2D eigenvalue weighted by molar-refractivity contribution is 5.90. The summed E-state index contributed by atoms with van der Waals surface area (Å²) in [7, 11) is 0.